The maximum atomic E-state index is 5.93. The Labute approximate surface area is 130 Å². The topological polar surface area (TPSA) is 39.1 Å². The zero-order valence-corrected chi connectivity index (χ0v) is 13.5. The lowest BCUT2D eigenvalue weighted by molar-refractivity contribution is 0.0904. The fourth-order valence-corrected chi connectivity index (χ4v) is 3.73. The van der Waals surface area contributed by atoms with E-state index in [1.807, 2.05) is 22.2 Å². The van der Waals surface area contributed by atoms with Crippen molar-refractivity contribution in [1.82, 2.24) is 15.1 Å². The predicted octanol–water partition coefficient (Wildman–Crippen LogP) is 3.14. The average molecular weight is 305 g/mol. The van der Waals surface area contributed by atoms with E-state index in [2.05, 4.69) is 42.6 Å². The summed E-state index contributed by atoms with van der Waals surface area (Å²) in [6, 6.07) is 4.39. The summed E-state index contributed by atoms with van der Waals surface area (Å²) in [6.45, 7) is 7.98. The molecule has 0 saturated carbocycles. The zero-order chi connectivity index (χ0) is 14.7. The highest BCUT2D eigenvalue weighted by Crippen LogP contribution is 2.33. The monoisotopic (exact) mass is 305 g/mol. The molecule has 114 valence electrons. The molecule has 1 aliphatic heterocycles. The van der Waals surface area contributed by atoms with Crippen LogP contribution in [0.2, 0.25) is 0 Å². The highest BCUT2D eigenvalue weighted by Gasteiger charge is 2.30. The Hall–Kier alpha value is -1.17. The van der Waals surface area contributed by atoms with Gasteiger partial charge in [-0.2, -0.15) is 5.10 Å². The van der Waals surface area contributed by atoms with Crippen LogP contribution >= 0.6 is 11.3 Å². The fraction of sp³-hybridized carbons (Fsp3) is 0.562. The molecule has 3 rings (SSSR count). The van der Waals surface area contributed by atoms with Gasteiger partial charge in [0.25, 0.3) is 0 Å². The van der Waals surface area contributed by atoms with E-state index in [1.165, 1.54) is 15.3 Å². The number of thiophene rings is 1. The smallest absolute Gasteiger partial charge is 0.0896 e. The number of hydrogen-bond acceptors (Lipinski definition) is 4. The van der Waals surface area contributed by atoms with Gasteiger partial charge in [0.1, 0.15) is 0 Å². The third-order valence-corrected chi connectivity index (χ3v) is 5.02. The molecule has 5 heteroatoms. The van der Waals surface area contributed by atoms with Crippen LogP contribution < -0.4 is 5.32 Å². The van der Waals surface area contributed by atoms with Crippen molar-refractivity contribution in [2.24, 2.45) is 5.92 Å². The van der Waals surface area contributed by atoms with Gasteiger partial charge < -0.3 is 10.1 Å². The van der Waals surface area contributed by atoms with Gasteiger partial charge in [-0.15, -0.1) is 11.3 Å². The van der Waals surface area contributed by atoms with Crippen LogP contribution in [0.3, 0.4) is 0 Å². The van der Waals surface area contributed by atoms with E-state index < -0.39 is 0 Å². The summed E-state index contributed by atoms with van der Waals surface area (Å²) in [5.41, 5.74) is 1.22. The number of aromatic nitrogens is 2. The molecule has 0 spiro atoms. The number of rotatable bonds is 6. The minimum Gasteiger partial charge on any atom is -0.373 e. The van der Waals surface area contributed by atoms with Gasteiger partial charge in [0, 0.05) is 53.7 Å². The third kappa shape index (κ3) is 3.54. The third-order valence-electron chi connectivity index (χ3n) is 4.02. The van der Waals surface area contributed by atoms with Gasteiger partial charge >= 0.3 is 0 Å². The molecular weight excluding hydrogens is 282 g/mol. The molecule has 0 radical (unpaired) electrons. The maximum Gasteiger partial charge on any atom is 0.0896 e. The van der Waals surface area contributed by atoms with Gasteiger partial charge in [-0.05, 0) is 32.4 Å². The van der Waals surface area contributed by atoms with Crippen molar-refractivity contribution >= 4 is 11.3 Å². The molecule has 21 heavy (non-hydrogen) atoms. The Balaban J connectivity index is 1.54. The molecule has 0 amide bonds. The van der Waals surface area contributed by atoms with Gasteiger partial charge in [-0.1, -0.05) is 0 Å². The number of ether oxygens (including phenoxy) is 1. The van der Waals surface area contributed by atoms with Crippen molar-refractivity contribution in [2.75, 3.05) is 13.2 Å². The first-order chi connectivity index (χ1) is 10.3. The van der Waals surface area contributed by atoms with Gasteiger partial charge in [0.15, 0.2) is 0 Å². The van der Waals surface area contributed by atoms with Gasteiger partial charge in [0.2, 0.25) is 0 Å². The SMILES string of the molecule is CCn1cc([C@H]2OCC[C@@H]2CNCc2ccc(C)s2)cn1. The predicted molar refractivity (Wildman–Crippen MR) is 85.5 cm³/mol. The summed E-state index contributed by atoms with van der Waals surface area (Å²) in [5, 5.41) is 7.94. The summed E-state index contributed by atoms with van der Waals surface area (Å²) >= 11 is 1.87. The van der Waals surface area contributed by atoms with E-state index in [1.54, 1.807) is 0 Å². The van der Waals surface area contributed by atoms with Crippen molar-refractivity contribution in [1.29, 1.82) is 0 Å². The van der Waals surface area contributed by atoms with Crippen molar-refractivity contribution < 1.29 is 4.74 Å². The van der Waals surface area contributed by atoms with Gasteiger partial charge in [0.05, 0.1) is 12.3 Å². The fourth-order valence-electron chi connectivity index (χ4n) is 2.87. The molecule has 3 heterocycles. The Bertz CT molecular complexity index is 578. The number of nitrogens with zero attached hydrogens (tertiary/aromatic N) is 2. The molecule has 0 aliphatic carbocycles. The number of hydrogen-bond donors (Lipinski definition) is 1. The Morgan fingerprint density at radius 3 is 3.10 bits per heavy atom. The normalized spacial score (nSPS) is 22.0. The van der Waals surface area contributed by atoms with Crippen LogP contribution in [0.4, 0.5) is 0 Å². The largest absolute Gasteiger partial charge is 0.373 e. The second kappa shape index (κ2) is 6.73. The summed E-state index contributed by atoms with van der Waals surface area (Å²) < 4.78 is 7.89. The molecule has 1 saturated heterocycles. The number of nitrogens with one attached hydrogen (secondary N) is 1. The molecule has 2 aromatic heterocycles. The van der Waals surface area contributed by atoms with E-state index in [9.17, 15) is 0 Å². The molecule has 4 nitrogen and oxygen atoms in total. The van der Waals surface area contributed by atoms with Gasteiger partial charge in [-0.25, -0.2) is 0 Å². The van der Waals surface area contributed by atoms with E-state index in [4.69, 9.17) is 4.74 Å². The molecule has 0 bridgehead atoms. The van der Waals surface area contributed by atoms with Crippen LogP contribution in [-0.4, -0.2) is 22.9 Å². The molecule has 0 unspecified atom stereocenters. The zero-order valence-electron chi connectivity index (χ0n) is 12.7. The molecule has 1 fully saturated rings. The van der Waals surface area contributed by atoms with Crippen LogP contribution in [0.1, 0.15) is 34.8 Å². The van der Waals surface area contributed by atoms with Crippen LogP contribution in [0.25, 0.3) is 0 Å². The Morgan fingerprint density at radius 2 is 2.38 bits per heavy atom. The van der Waals surface area contributed by atoms with Crippen molar-refractivity contribution in [3.05, 3.63) is 39.8 Å². The van der Waals surface area contributed by atoms with Crippen LogP contribution in [0.5, 0.6) is 0 Å². The van der Waals surface area contributed by atoms with E-state index >= 15 is 0 Å². The lowest BCUT2D eigenvalue weighted by atomic mass is 9.97. The van der Waals surface area contributed by atoms with E-state index in [-0.39, 0.29) is 6.10 Å². The highest BCUT2D eigenvalue weighted by molar-refractivity contribution is 7.11. The standard InChI is InChI=1S/C16H23N3OS/c1-3-19-11-14(9-18-19)16-13(6-7-20-16)8-17-10-15-5-4-12(2)21-15/h4-5,9,11,13,16-17H,3,6-8,10H2,1-2H3/t13-,16+/m1/s1. The lowest BCUT2D eigenvalue weighted by Crippen LogP contribution is -2.24. The van der Waals surface area contributed by atoms with Crippen molar-refractivity contribution in [3.63, 3.8) is 0 Å². The van der Waals surface area contributed by atoms with Crippen molar-refractivity contribution in [3.8, 4) is 0 Å². The molecule has 2 aromatic rings. The van der Waals surface area contributed by atoms with Crippen molar-refractivity contribution in [2.45, 2.75) is 39.5 Å². The molecule has 2 atom stereocenters. The molecular formula is C16H23N3OS. The second-order valence-corrected chi connectivity index (χ2v) is 6.99. The van der Waals surface area contributed by atoms with Crippen LogP contribution in [0, 0.1) is 12.8 Å². The average Bonchev–Trinajstić information content (AvgIpc) is 3.19. The molecule has 1 N–H and O–H groups in total. The summed E-state index contributed by atoms with van der Waals surface area (Å²) in [4.78, 5) is 2.78. The van der Waals surface area contributed by atoms with Crippen LogP contribution in [0.15, 0.2) is 24.5 Å². The molecule has 0 aromatic carbocycles. The first-order valence-electron chi connectivity index (χ1n) is 7.66. The Kier molecular flexibility index (Phi) is 4.73. The van der Waals surface area contributed by atoms with E-state index in [0.717, 1.165) is 32.7 Å². The summed E-state index contributed by atoms with van der Waals surface area (Å²) in [5.74, 6) is 0.542. The Morgan fingerprint density at radius 1 is 1.48 bits per heavy atom. The highest BCUT2D eigenvalue weighted by atomic mass is 32.1. The number of aryl methyl sites for hydroxylation is 2. The van der Waals surface area contributed by atoms with Crippen LogP contribution in [-0.2, 0) is 17.8 Å². The van der Waals surface area contributed by atoms with Gasteiger partial charge in [-0.3, -0.25) is 4.68 Å². The summed E-state index contributed by atoms with van der Waals surface area (Å²) in [7, 11) is 0. The minimum atomic E-state index is 0.197. The minimum absolute atomic E-state index is 0.197. The maximum absolute atomic E-state index is 5.93. The van der Waals surface area contributed by atoms with E-state index in [0.29, 0.717) is 5.92 Å². The quantitative estimate of drug-likeness (QED) is 0.891. The first-order valence-corrected chi connectivity index (χ1v) is 8.48. The molecule has 1 aliphatic rings. The second-order valence-electron chi connectivity index (χ2n) is 5.61. The summed E-state index contributed by atoms with van der Waals surface area (Å²) in [6.07, 6.45) is 5.39. The lowest BCUT2D eigenvalue weighted by Gasteiger charge is -2.17. The first kappa shape index (κ1) is 14.8.